The molecule has 0 heterocycles. The number of unbranched alkanes of at least 4 members (excludes halogenated alkanes) is 1. The molecule has 1 unspecified atom stereocenters. The molecule has 0 aromatic heterocycles. The summed E-state index contributed by atoms with van der Waals surface area (Å²) in [5.41, 5.74) is 0. The van der Waals surface area contributed by atoms with E-state index in [1.54, 1.807) is 13.8 Å². The van der Waals surface area contributed by atoms with Gasteiger partial charge >= 0.3 is 6.09 Å². The van der Waals surface area contributed by atoms with Gasteiger partial charge in [-0.05, 0) is 20.3 Å². The molecular formula is C9H19NO3. The normalized spacial score (nSPS) is 12.3. The van der Waals surface area contributed by atoms with Crippen LogP contribution in [0.5, 0.6) is 0 Å². The van der Waals surface area contributed by atoms with E-state index in [0.29, 0.717) is 5.06 Å². The predicted octanol–water partition coefficient (Wildman–Crippen LogP) is 2.41. The summed E-state index contributed by atoms with van der Waals surface area (Å²) in [5.74, 6) is 0. The molecule has 0 fully saturated rings. The molecule has 0 saturated heterocycles. The second-order valence-corrected chi connectivity index (χ2v) is 3.03. The van der Waals surface area contributed by atoms with Gasteiger partial charge in [0.2, 0.25) is 0 Å². The molecule has 0 aromatic carbocycles. The molecule has 0 aliphatic carbocycles. The van der Waals surface area contributed by atoms with Crippen LogP contribution in [-0.4, -0.2) is 29.0 Å². The van der Waals surface area contributed by atoms with Crippen molar-refractivity contribution in [1.29, 1.82) is 0 Å². The van der Waals surface area contributed by atoms with E-state index in [2.05, 4.69) is 11.7 Å². The SMILES string of the molecule is CCCCC(C)N(O)C(=O)OCC. The zero-order chi connectivity index (χ0) is 10.3. The maximum atomic E-state index is 11.0. The van der Waals surface area contributed by atoms with Crippen molar-refractivity contribution in [2.45, 2.75) is 46.1 Å². The van der Waals surface area contributed by atoms with Crippen molar-refractivity contribution in [2.24, 2.45) is 0 Å². The smallest absolute Gasteiger partial charge is 0.433 e. The first kappa shape index (κ1) is 12.2. The molecule has 4 heteroatoms. The van der Waals surface area contributed by atoms with Gasteiger partial charge in [-0.15, -0.1) is 0 Å². The van der Waals surface area contributed by atoms with Gasteiger partial charge in [-0.25, -0.2) is 4.79 Å². The summed E-state index contributed by atoms with van der Waals surface area (Å²) >= 11 is 0. The molecule has 0 aromatic rings. The number of ether oxygens (including phenoxy) is 1. The number of nitrogens with zero attached hydrogens (tertiary/aromatic N) is 1. The van der Waals surface area contributed by atoms with Crippen molar-refractivity contribution >= 4 is 6.09 Å². The molecule has 0 aliphatic rings. The summed E-state index contributed by atoms with van der Waals surface area (Å²) in [5, 5.41) is 9.97. The zero-order valence-electron chi connectivity index (χ0n) is 8.62. The Morgan fingerprint density at radius 3 is 2.62 bits per heavy atom. The van der Waals surface area contributed by atoms with E-state index in [4.69, 9.17) is 0 Å². The number of carbonyl (C=O) groups excluding carboxylic acids is 1. The monoisotopic (exact) mass is 189 g/mol. The molecular weight excluding hydrogens is 170 g/mol. The third-order valence-electron chi connectivity index (χ3n) is 1.85. The Labute approximate surface area is 79.4 Å². The van der Waals surface area contributed by atoms with E-state index >= 15 is 0 Å². The van der Waals surface area contributed by atoms with Crippen LogP contribution in [0.4, 0.5) is 4.79 Å². The van der Waals surface area contributed by atoms with Crippen LogP contribution in [0.1, 0.15) is 40.0 Å². The highest BCUT2D eigenvalue weighted by molar-refractivity contribution is 5.66. The van der Waals surface area contributed by atoms with E-state index in [1.165, 1.54) is 0 Å². The highest BCUT2D eigenvalue weighted by Gasteiger charge is 2.17. The first-order chi connectivity index (χ1) is 6.13. The molecule has 0 spiro atoms. The fraction of sp³-hybridized carbons (Fsp3) is 0.889. The number of hydrogen-bond acceptors (Lipinski definition) is 3. The Morgan fingerprint density at radius 1 is 1.54 bits per heavy atom. The third-order valence-corrected chi connectivity index (χ3v) is 1.85. The standard InChI is InChI=1S/C9H19NO3/c1-4-6-7-8(3)10(12)9(11)13-5-2/h8,12H,4-7H2,1-3H3. The van der Waals surface area contributed by atoms with Crippen molar-refractivity contribution in [3.63, 3.8) is 0 Å². The summed E-state index contributed by atoms with van der Waals surface area (Å²) in [4.78, 5) is 11.0. The van der Waals surface area contributed by atoms with Crippen molar-refractivity contribution < 1.29 is 14.7 Å². The lowest BCUT2D eigenvalue weighted by atomic mass is 10.1. The van der Waals surface area contributed by atoms with Gasteiger partial charge in [0.15, 0.2) is 0 Å². The summed E-state index contributed by atoms with van der Waals surface area (Å²) in [6, 6.07) is -0.168. The number of hydroxylamine groups is 2. The van der Waals surface area contributed by atoms with Crippen molar-refractivity contribution in [3.05, 3.63) is 0 Å². The van der Waals surface area contributed by atoms with Crippen LogP contribution in [0.3, 0.4) is 0 Å². The Hall–Kier alpha value is -0.770. The fourth-order valence-corrected chi connectivity index (χ4v) is 0.991. The van der Waals surface area contributed by atoms with E-state index < -0.39 is 6.09 Å². The fourth-order valence-electron chi connectivity index (χ4n) is 0.991. The first-order valence-electron chi connectivity index (χ1n) is 4.78. The first-order valence-corrected chi connectivity index (χ1v) is 4.78. The topological polar surface area (TPSA) is 49.8 Å². The molecule has 0 radical (unpaired) electrons. The predicted molar refractivity (Wildman–Crippen MR) is 49.6 cm³/mol. The Balaban J connectivity index is 3.79. The minimum atomic E-state index is -0.661. The Morgan fingerprint density at radius 2 is 2.15 bits per heavy atom. The molecule has 13 heavy (non-hydrogen) atoms. The van der Waals surface area contributed by atoms with Crippen molar-refractivity contribution in [1.82, 2.24) is 5.06 Å². The highest BCUT2D eigenvalue weighted by atomic mass is 16.6. The molecule has 0 bridgehead atoms. The zero-order valence-corrected chi connectivity index (χ0v) is 8.62. The van der Waals surface area contributed by atoms with Gasteiger partial charge in [0.25, 0.3) is 0 Å². The number of carbonyl (C=O) groups is 1. The number of hydrogen-bond donors (Lipinski definition) is 1. The lowest BCUT2D eigenvalue weighted by Crippen LogP contribution is -2.36. The minimum absolute atomic E-state index is 0.168. The Kier molecular flexibility index (Phi) is 6.32. The molecule has 4 nitrogen and oxygen atoms in total. The van der Waals surface area contributed by atoms with Crippen molar-refractivity contribution in [2.75, 3.05) is 6.61 Å². The van der Waals surface area contributed by atoms with Gasteiger partial charge in [-0.3, -0.25) is 5.21 Å². The summed E-state index contributed by atoms with van der Waals surface area (Å²) in [7, 11) is 0. The van der Waals surface area contributed by atoms with Crippen LogP contribution in [0.25, 0.3) is 0 Å². The molecule has 0 aliphatic heterocycles. The van der Waals surface area contributed by atoms with E-state index in [-0.39, 0.29) is 12.6 Å². The lowest BCUT2D eigenvalue weighted by Gasteiger charge is -2.21. The van der Waals surface area contributed by atoms with E-state index in [9.17, 15) is 10.0 Å². The molecule has 0 saturated carbocycles. The van der Waals surface area contributed by atoms with Crippen LogP contribution >= 0.6 is 0 Å². The van der Waals surface area contributed by atoms with Crippen LogP contribution in [-0.2, 0) is 4.74 Å². The largest absolute Gasteiger partial charge is 0.448 e. The second-order valence-electron chi connectivity index (χ2n) is 3.03. The molecule has 1 N–H and O–H groups in total. The quantitative estimate of drug-likeness (QED) is 0.533. The van der Waals surface area contributed by atoms with Crippen LogP contribution < -0.4 is 0 Å². The maximum absolute atomic E-state index is 11.0. The van der Waals surface area contributed by atoms with Crippen LogP contribution in [0.15, 0.2) is 0 Å². The van der Waals surface area contributed by atoms with Gasteiger partial charge in [0, 0.05) is 0 Å². The average molecular weight is 189 g/mol. The summed E-state index contributed by atoms with van der Waals surface area (Å²) < 4.78 is 4.64. The summed E-state index contributed by atoms with van der Waals surface area (Å²) in [6.07, 6.45) is 2.19. The number of rotatable bonds is 5. The molecule has 78 valence electrons. The van der Waals surface area contributed by atoms with E-state index in [1.807, 2.05) is 0 Å². The highest BCUT2D eigenvalue weighted by Crippen LogP contribution is 2.07. The van der Waals surface area contributed by atoms with Gasteiger partial charge < -0.3 is 4.74 Å². The average Bonchev–Trinajstić information content (AvgIpc) is 2.13. The van der Waals surface area contributed by atoms with Crippen molar-refractivity contribution in [3.8, 4) is 0 Å². The van der Waals surface area contributed by atoms with Gasteiger partial charge in [0.05, 0.1) is 12.6 Å². The number of amides is 1. The van der Waals surface area contributed by atoms with Gasteiger partial charge in [-0.2, -0.15) is 5.06 Å². The molecule has 0 rings (SSSR count). The van der Waals surface area contributed by atoms with E-state index in [0.717, 1.165) is 19.3 Å². The Bertz CT molecular complexity index is 150. The third kappa shape index (κ3) is 4.72. The second kappa shape index (κ2) is 6.71. The summed E-state index contributed by atoms with van der Waals surface area (Å²) in [6.45, 7) is 5.87. The molecule has 1 amide bonds. The molecule has 1 atom stereocenters. The van der Waals surface area contributed by atoms with Gasteiger partial charge in [0.1, 0.15) is 0 Å². The van der Waals surface area contributed by atoms with Gasteiger partial charge in [-0.1, -0.05) is 19.8 Å². The minimum Gasteiger partial charge on any atom is -0.448 e. The van der Waals surface area contributed by atoms with Crippen LogP contribution in [0.2, 0.25) is 0 Å². The lowest BCUT2D eigenvalue weighted by molar-refractivity contribution is -0.101. The maximum Gasteiger partial charge on any atom is 0.433 e. The van der Waals surface area contributed by atoms with Crippen LogP contribution in [0, 0.1) is 0 Å².